The Morgan fingerprint density at radius 1 is 1.50 bits per heavy atom. The summed E-state index contributed by atoms with van der Waals surface area (Å²) in [5.41, 5.74) is 1.92. The molecule has 1 aliphatic heterocycles. The minimum Gasteiger partial charge on any atom is -0.396 e. The average Bonchev–Trinajstić information content (AvgIpc) is 3.06. The van der Waals surface area contributed by atoms with Crippen LogP contribution >= 0.6 is 0 Å². The van der Waals surface area contributed by atoms with Gasteiger partial charge in [-0.2, -0.15) is 5.10 Å². The van der Waals surface area contributed by atoms with Crippen LogP contribution in [-0.4, -0.2) is 50.9 Å². The van der Waals surface area contributed by atoms with Crippen molar-refractivity contribution in [3.63, 3.8) is 0 Å². The number of aromatic amines is 1. The molecule has 7 nitrogen and oxygen atoms in total. The molecule has 128 valence electrons. The van der Waals surface area contributed by atoms with E-state index in [2.05, 4.69) is 20.5 Å². The van der Waals surface area contributed by atoms with Crippen LogP contribution in [-0.2, 0) is 6.54 Å². The lowest BCUT2D eigenvalue weighted by Crippen LogP contribution is -2.45. The number of carbonyl (C=O) groups is 1. The number of nitrogens with one attached hydrogen (secondary N) is 2. The molecule has 1 aromatic heterocycles. The molecule has 3 N–H and O–H groups in total. The molecular weight excluding hydrogens is 306 g/mol. The minimum atomic E-state index is -0.0766. The topological polar surface area (TPSA) is 94.1 Å². The summed E-state index contributed by atoms with van der Waals surface area (Å²) >= 11 is 0. The highest BCUT2D eigenvalue weighted by Gasteiger charge is 2.22. The molecule has 2 amide bonds. The average molecular weight is 329 g/mol. The van der Waals surface area contributed by atoms with E-state index in [1.807, 2.05) is 31.2 Å². The smallest absolute Gasteiger partial charge is 0.317 e. The number of aliphatic hydroxyl groups is 1. The number of H-pyrrole nitrogens is 1. The zero-order chi connectivity index (χ0) is 16.9. The maximum absolute atomic E-state index is 12.3. The number of hydrogen-bond acceptors (Lipinski definition) is 4. The van der Waals surface area contributed by atoms with Crippen molar-refractivity contribution in [2.24, 2.45) is 5.92 Å². The highest BCUT2D eigenvalue weighted by molar-refractivity contribution is 5.74. The van der Waals surface area contributed by atoms with Gasteiger partial charge < -0.3 is 15.3 Å². The largest absolute Gasteiger partial charge is 0.396 e. The third-order valence-electron chi connectivity index (χ3n) is 4.29. The molecule has 2 aromatic rings. The lowest BCUT2D eigenvalue weighted by Gasteiger charge is -2.31. The normalized spacial score (nSPS) is 17.8. The molecule has 0 spiro atoms. The molecule has 24 heavy (non-hydrogen) atoms. The molecule has 1 fully saturated rings. The van der Waals surface area contributed by atoms with Crippen molar-refractivity contribution in [1.82, 2.24) is 25.4 Å². The second kappa shape index (κ2) is 7.44. The van der Waals surface area contributed by atoms with Crippen molar-refractivity contribution in [2.45, 2.75) is 26.3 Å². The molecule has 1 aromatic carbocycles. The Kier molecular flexibility index (Phi) is 5.10. The Morgan fingerprint density at radius 3 is 3.12 bits per heavy atom. The quantitative estimate of drug-likeness (QED) is 0.796. The van der Waals surface area contributed by atoms with Gasteiger partial charge in [-0.1, -0.05) is 18.2 Å². The number of rotatable bonds is 4. The summed E-state index contributed by atoms with van der Waals surface area (Å²) in [4.78, 5) is 18.4. The van der Waals surface area contributed by atoms with Crippen LogP contribution in [0.3, 0.4) is 0 Å². The fraction of sp³-hybridized carbons (Fsp3) is 0.471. The Labute approximate surface area is 141 Å². The Balaban J connectivity index is 1.59. The molecule has 0 radical (unpaired) electrons. The van der Waals surface area contributed by atoms with Crippen LogP contribution in [0.2, 0.25) is 0 Å². The van der Waals surface area contributed by atoms with Gasteiger partial charge in [0, 0.05) is 31.8 Å². The van der Waals surface area contributed by atoms with Gasteiger partial charge in [0.25, 0.3) is 0 Å². The maximum atomic E-state index is 12.3. The molecule has 3 rings (SSSR count). The second-order valence-electron chi connectivity index (χ2n) is 6.24. The number of likely N-dealkylation sites (tertiary alicyclic amines) is 1. The zero-order valence-corrected chi connectivity index (χ0v) is 13.8. The summed E-state index contributed by atoms with van der Waals surface area (Å²) in [5.74, 6) is 1.62. The van der Waals surface area contributed by atoms with E-state index < -0.39 is 0 Å². The highest BCUT2D eigenvalue weighted by atomic mass is 16.3. The lowest BCUT2D eigenvalue weighted by atomic mass is 9.99. The number of piperidine rings is 1. The van der Waals surface area contributed by atoms with Gasteiger partial charge in [0.1, 0.15) is 5.82 Å². The van der Waals surface area contributed by atoms with E-state index in [0.717, 1.165) is 36.3 Å². The van der Waals surface area contributed by atoms with E-state index in [0.29, 0.717) is 18.9 Å². The second-order valence-corrected chi connectivity index (χ2v) is 6.24. The molecule has 7 heteroatoms. The van der Waals surface area contributed by atoms with Gasteiger partial charge in [-0.05, 0) is 37.3 Å². The molecular formula is C17H23N5O2. The predicted octanol–water partition coefficient (Wildman–Crippen LogP) is 1.69. The highest BCUT2D eigenvalue weighted by Crippen LogP contribution is 2.17. The van der Waals surface area contributed by atoms with Crippen molar-refractivity contribution >= 4 is 6.03 Å². The number of aromatic nitrogens is 3. The zero-order valence-electron chi connectivity index (χ0n) is 13.8. The maximum Gasteiger partial charge on any atom is 0.317 e. The van der Waals surface area contributed by atoms with Crippen LogP contribution in [0.15, 0.2) is 24.3 Å². The molecule has 1 unspecified atom stereocenters. The number of benzene rings is 1. The number of aliphatic hydroxyl groups excluding tert-OH is 1. The fourth-order valence-electron chi connectivity index (χ4n) is 2.98. The van der Waals surface area contributed by atoms with Gasteiger partial charge in [0.2, 0.25) is 0 Å². The first-order valence-corrected chi connectivity index (χ1v) is 8.27. The lowest BCUT2D eigenvalue weighted by molar-refractivity contribution is 0.129. The first-order chi connectivity index (χ1) is 11.7. The summed E-state index contributed by atoms with van der Waals surface area (Å²) in [6, 6.07) is 7.76. The number of carbonyl (C=O) groups excluding carboxylic acids is 1. The van der Waals surface area contributed by atoms with E-state index in [-0.39, 0.29) is 18.6 Å². The Bertz CT molecular complexity index is 700. The summed E-state index contributed by atoms with van der Waals surface area (Å²) in [7, 11) is 0. The van der Waals surface area contributed by atoms with Gasteiger partial charge in [0.05, 0.1) is 0 Å². The monoisotopic (exact) mass is 329 g/mol. The predicted molar refractivity (Wildman–Crippen MR) is 90.2 cm³/mol. The molecule has 0 bridgehead atoms. The number of aryl methyl sites for hydroxylation is 1. The summed E-state index contributed by atoms with van der Waals surface area (Å²) in [6.45, 7) is 3.83. The van der Waals surface area contributed by atoms with Crippen LogP contribution in [0, 0.1) is 12.8 Å². The van der Waals surface area contributed by atoms with Crippen molar-refractivity contribution < 1.29 is 9.90 Å². The third kappa shape index (κ3) is 3.91. The third-order valence-corrected chi connectivity index (χ3v) is 4.29. The van der Waals surface area contributed by atoms with E-state index in [1.54, 1.807) is 4.90 Å². The summed E-state index contributed by atoms with van der Waals surface area (Å²) < 4.78 is 0. The number of amides is 2. The van der Waals surface area contributed by atoms with Crippen LogP contribution in [0.1, 0.15) is 24.2 Å². The SMILES string of the molecule is Cc1nc(-c2cccc(CNC(=O)N3CCCC(CO)C3)c2)n[nH]1. The number of urea groups is 1. The van der Waals surface area contributed by atoms with Gasteiger partial charge in [-0.25, -0.2) is 9.78 Å². The number of hydrogen-bond donors (Lipinski definition) is 3. The molecule has 2 heterocycles. The standard InChI is InChI=1S/C17H23N5O2/c1-12-19-16(21-20-12)15-6-2-4-13(8-15)9-18-17(24)22-7-3-5-14(10-22)11-23/h2,4,6,8,14,23H,3,5,7,9-11H2,1H3,(H,18,24)(H,19,20,21). The Morgan fingerprint density at radius 2 is 2.38 bits per heavy atom. The van der Waals surface area contributed by atoms with E-state index in [9.17, 15) is 9.90 Å². The van der Waals surface area contributed by atoms with Gasteiger partial charge in [0.15, 0.2) is 5.82 Å². The molecule has 1 aliphatic rings. The van der Waals surface area contributed by atoms with Crippen molar-refractivity contribution in [3.05, 3.63) is 35.7 Å². The molecule has 0 saturated carbocycles. The van der Waals surface area contributed by atoms with Crippen LogP contribution in [0.4, 0.5) is 4.79 Å². The van der Waals surface area contributed by atoms with E-state index in [4.69, 9.17) is 0 Å². The first-order valence-electron chi connectivity index (χ1n) is 8.27. The summed E-state index contributed by atoms with van der Waals surface area (Å²) in [6.07, 6.45) is 1.93. The van der Waals surface area contributed by atoms with Crippen molar-refractivity contribution in [1.29, 1.82) is 0 Å². The summed E-state index contributed by atoms with van der Waals surface area (Å²) in [5, 5.41) is 19.2. The molecule has 0 aliphatic carbocycles. The van der Waals surface area contributed by atoms with Crippen LogP contribution in [0.25, 0.3) is 11.4 Å². The van der Waals surface area contributed by atoms with Gasteiger partial charge in [-0.3, -0.25) is 5.10 Å². The number of nitrogens with zero attached hydrogens (tertiary/aromatic N) is 3. The van der Waals surface area contributed by atoms with Crippen LogP contribution in [0.5, 0.6) is 0 Å². The molecule has 1 saturated heterocycles. The van der Waals surface area contributed by atoms with Gasteiger partial charge >= 0.3 is 6.03 Å². The molecule has 1 atom stereocenters. The van der Waals surface area contributed by atoms with Crippen molar-refractivity contribution in [3.8, 4) is 11.4 Å². The fourth-order valence-corrected chi connectivity index (χ4v) is 2.98. The Hall–Kier alpha value is -2.41. The van der Waals surface area contributed by atoms with E-state index in [1.165, 1.54) is 0 Å². The van der Waals surface area contributed by atoms with E-state index >= 15 is 0 Å². The first kappa shape index (κ1) is 16.4. The minimum absolute atomic E-state index is 0.0766. The van der Waals surface area contributed by atoms with Gasteiger partial charge in [-0.15, -0.1) is 0 Å². The van der Waals surface area contributed by atoms with Crippen molar-refractivity contribution in [2.75, 3.05) is 19.7 Å². The van der Waals surface area contributed by atoms with Crippen LogP contribution < -0.4 is 5.32 Å².